The predicted molar refractivity (Wildman–Crippen MR) is 83.1 cm³/mol. The summed E-state index contributed by atoms with van der Waals surface area (Å²) in [5, 5.41) is 6.34. The van der Waals surface area contributed by atoms with E-state index in [1.54, 1.807) is 0 Å². The van der Waals surface area contributed by atoms with Crippen LogP contribution < -0.4 is 10.6 Å². The molecule has 4 heteroatoms. The van der Waals surface area contributed by atoms with Gasteiger partial charge in [0.25, 0.3) is 0 Å². The first-order valence-corrected chi connectivity index (χ1v) is 7.61. The smallest absolute Gasteiger partial charge is 0.221 e. The largest absolute Gasteiger partial charge is 0.354 e. The summed E-state index contributed by atoms with van der Waals surface area (Å²) < 4.78 is 1.10. The zero-order chi connectivity index (χ0) is 14.3. The van der Waals surface area contributed by atoms with Crippen LogP contribution in [0.5, 0.6) is 0 Å². The highest BCUT2D eigenvalue weighted by Gasteiger charge is 2.09. The van der Waals surface area contributed by atoms with Crippen LogP contribution in [0.15, 0.2) is 28.7 Å². The van der Waals surface area contributed by atoms with Crippen molar-refractivity contribution in [3.8, 4) is 0 Å². The molecule has 0 aliphatic rings. The van der Waals surface area contributed by atoms with Crippen molar-refractivity contribution in [3.05, 3.63) is 34.3 Å². The molecule has 0 radical (unpaired) electrons. The Kier molecular flexibility index (Phi) is 7.10. The van der Waals surface area contributed by atoms with Crippen LogP contribution in [0.1, 0.15) is 45.2 Å². The average molecular weight is 327 g/mol. The van der Waals surface area contributed by atoms with Crippen LogP contribution in [0, 0.1) is 0 Å². The average Bonchev–Trinajstić information content (AvgIpc) is 2.38. The van der Waals surface area contributed by atoms with E-state index in [2.05, 4.69) is 46.5 Å². The van der Waals surface area contributed by atoms with Crippen molar-refractivity contribution in [2.45, 2.75) is 45.7 Å². The second kappa shape index (κ2) is 8.33. The molecule has 1 aromatic rings. The molecule has 2 unspecified atom stereocenters. The molecule has 0 aliphatic carbocycles. The molecule has 0 fully saturated rings. The van der Waals surface area contributed by atoms with Crippen molar-refractivity contribution in [2.24, 2.45) is 0 Å². The molecular formula is C15H23BrN2O. The van der Waals surface area contributed by atoms with Gasteiger partial charge in [-0.1, -0.05) is 41.1 Å². The molecule has 0 aliphatic heterocycles. The summed E-state index contributed by atoms with van der Waals surface area (Å²) in [5.74, 6) is 0.112. The summed E-state index contributed by atoms with van der Waals surface area (Å²) in [6.45, 7) is 6.88. The fourth-order valence-corrected chi connectivity index (χ4v) is 2.42. The molecule has 106 valence electrons. The van der Waals surface area contributed by atoms with Crippen molar-refractivity contribution in [3.63, 3.8) is 0 Å². The third-order valence-corrected chi connectivity index (χ3v) is 3.92. The molecule has 0 heterocycles. The molecule has 0 spiro atoms. The predicted octanol–water partition coefficient (Wildman–Crippen LogP) is 3.40. The molecule has 3 nitrogen and oxygen atoms in total. The number of carbonyl (C=O) groups is 1. The zero-order valence-electron chi connectivity index (χ0n) is 11.9. The number of benzene rings is 1. The molecule has 1 rings (SSSR count). The van der Waals surface area contributed by atoms with Gasteiger partial charge in [0, 0.05) is 29.5 Å². The maximum atomic E-state index is 11.6. The summed E-state index contributed by atoms with van der Waals surface area (Å²) >= 11 is 3.54. The van der Waals surface area contributed by atoms with Gasteiger partial charge in [0.05, 0.1) is 0 Å². The van der Waals surface area contributed by atoms with Gasteiger partial charge in [-0.2, -0.15) is 0 Å². The lowest BCUT2D eigenvalue weighted by Crippen LogP contribution is -2.34. The Bertz CT molecular complexity index is 409. The van der Waals surface area contributed by atoms with E-state index in [9.17, 15) is 4.79 Å². The van der Waals surface area contributed by atoms with Crippen LogP contribution in [0.25, 0.3) is 0 Å². The molecule has 19 heavy (non-hydrogen) atoms. The Hall–Kier alpha value is -0.870. The topological polar surface area (TPSA) is 41.1 Å². The van der Waals surface area contributed by atoms with Crippen LogP contribution in [0.4, 0.5) is 0 Å². The molecular weight excluding hydrogens is 304 g/mol. The third-order valence-electron chi connectivity index (χ3n) is 3.19. The minimum atomic E-state index is 0.112. The van der Waals surface area contributed by atoms with E-state index in [1.807, 2.05) is 25.1 Å². The van der Waals surface area contributed by atoms with Crippen molar-refractivity contribution >= 4 is 21.8 Å². The number of carbonyl (C=O) groups excluding carboxylic acids is 1. The van der Waals surface area contributed by atoms with Gasteiger partial charge < -0.3 is 10.6 Å². The Labute approximate surface area is 124 Å². The Morgan fingerprint density at radius 1 is 1.32 bits per heavy atom. The maximum absolute atomic E-state index is 11.6. The highest BCUT2D eigenvalue weighted by molar-refractivity contribution is 9.10. The number of nitrogens with one attached hydrogen (secondary N) is 2. The third kappa shape index (κ3) is 5.74. The van der Waals surface area contributed by atoms with Crippen molar-refractivity contribution in [1.29, 1.82) is 0 Å². The molecule has 2 N–H and O–H groups in total. The lowest BCUT2D eigenvalue weighted by Gasteiger charge is -2.16. The second-order valence-electron chi connectivity index (χ2n) is 4.82. The van der Waals surface area contributed by atoms with E-state index in [4.69, 9.17) is 0 Å². The number of amides is 1. The summed E-state index contributed by atoms with van der Waals surface area (Å²) in [6.07, 6.45) is 1.48. The maximum Gasteiger partial charge on any atom is 0.221 e. The molecule has 0 saturated heterocycles. The van der Waals surface area contributed by atoms with E-state index < -0.39 is 0 Å². The van der Waals surface area contributed by atoms with E-state index in [-0.39, 0.29) is 18.0 Å². The number of halogens is 1. The number of rotatable bonds is 7. The number of hydrogen-bond acceptors (Lipinski definition) is 2. The summed E-state index contributed by atoms with van der Waals surface area (Å²) in [4.78, 5) is 11.6. The highest BCUT2D eigenvalue weighted by Crippen LogP contribution is 2.22. The van der Waals surface area contributed by atoms with E-state index in [1.165, 1.54) is 5.56 Å². The van der Waals surface area contributed by atoms with E-state index >= 15 is 0 Å². The molecule has 2 atom stereocenters. The number of hydrogen-bond donors (Lipinski definition) is 2. The van der Waals surface area contributed by atoms with Gasteiger partial charge in [0.2, 0.25) is 5.91 Å². The molecule has 0 saturated carbocycles. The van der Waals surface area contributed by atoms with Gasteiger partial charge in [-0.3, -0.25) is 4.79 Å². The quantitative estimate of drug-likeness (QED) is 0.806. The van der Waals surface area contributed by atoms with Gasteiger partial charge in [-0.05, 0) is 31.9 Å². The Morgan fingerprint density at radius 2 is 2.00 bits per heavy atom. The minimum Gasteiger partial charge on any atom is -0.354 e. The summed E-state index contributed by atoms with van der Waals surface area (Å²) in [7, 11) is 0. The molecule has 0 bridgehead atoms. The SMILES string of the molecule is CCC(C)NC(=O)CCNC(C)c1ccccc1Br. The molecule has 1 amide bonds. The minimum absolute atomic E-state index is 0.112. The monoisotopic (exact) mass is 326 g/mol. The van der Waals surface area contributed by atoms with Crippen LogP contribution in [-0.2, 0) is 4.79 Å². The van der Waals surface area contributed by atoms with Gasteiger partial charge in [0.1, 0.15) is 0 Å². The Balaban J connectivity index is 2.33. The van der Waals surface area contributed by atoms with Crippen molar-refractivity contribution < 1.29 is 4.79 Å². The lowest BCUT2D eigenvalue weighted by molar-refractivity contribution is -0.121. The first-order valence-electron chi connectivity index (χ1n) is 6.81. The molecule has 1 aromatic carbocycles. The highest BCUT2D eigenvalue weighted by atomic mass is 79.9. The van der Waals surface area contributed by atoms with Crippen LogP contribution in [0.2, 0.25) is 0 Å². The van der Waals surface area contributed by atoms with Gasteiger partial charge in [-0.15, -0.1) is 0 Å². The normalized spacial score (nSPS) is 13.9. The Morgan fingerprint density at radius 3 is 2.63 bits per heavy atom. The van der Waals surface area contributed by atoms with E-state index in [0.717, 1.165) is 10.9 Å². The first-order chi connectivity index (χ1) is 9.04. The second-order valence-corrected chi connectivity index (χ2v) is 5.68. The zero-order valence-corrected chi connectivity index (χ0v) is 13.5. The lowest BCUT2D eigenvalue weighted by atomic mass is 10.1. The van der Waals surface area contributed by atoms with Gasteiger partial charge in [0.15, 0.2) is 0 Å². The van der Waals surface area contributed by atoms with Crippen molar-refractivity contribution in [1.82, 2.24) is 10.6 Å². The standard InChI is InChI=1S/C15H23BrN2O/c1-4-11(2)18-15(19)9-10-17-12(3)13-7-5-6-8-14(13)16/h5-8,11-12,17H,4,9-10H2,1-3H3,(H,18,19). The molecule has 0 aromatic heterocycles. The van der Waals surface area contributed by atoms with Crippen LogP contribution in [-0.4, -0.2) is 18.5 Å². The fourth-order valence-electron chi connectivity index (χ4n) is 1.79. The first kappa shape index (κ1) is 16.2. The van der Waals surface area contributed by atoms with Crippen LogP contribution in [0.3, 0.4) is 0 Å². The summed E-state index contributed by atoms with van der Waals surface area (Å²) in [6, 6.07) is 8.62. The van der Waals surface area contributed by atoms with Gasteiger partial charge >= 0.3 is 0 Å². The van der Waals surface area contributed by atoms with Gasteiger partial charge in [-0.25, -0.2) is 0 Å². The van der Waals surface area contributed by atoms with Crippen LogP contribution >= 0.6 is 15.9 Å². The van der Waals surface area contributed by atoms with E-state index in [0.29, 0.717) is 13.0 Å². The summed E-state index contributed by atoms with van der Waals surface area (Å²) in [5.41, 5.74) is 1.21. The van der Waals surface area contributed by atoms with Crippen molar-refractivity contribution in [2.75, 3.05) is 6.54 Å². The fraction of sp³-hybridized carbons (Fsp3) is 0.533.